The maximum absolute atomic E-state index is 5.78. The number of benzene rings is 2. The van der Waals surface area contributed by atoms with Crippen LogP contribution in [0.2, 0.25) is 0 Å². The van der Waals surface area contributed by atoms with Crippen LogP contribution in [0, 0.1) is 13.8 Å². The molecule has 3 N–H and O–H groups in total. The monoisotopic (exact) mass is 286 g/mol. The van der Waals surface area contributed by atoms with Crippen LogP contribution < -0.4 is 20.7 Å². The molecule has 0 saturated carbocycles. The van der Waals surface area contributed by atoms with Crippen molar-refractivity contribution in [1.82, 2.24) is 5.43 Å². The van der Waals surface area contributed by atoms with Gasteiger partial charge in [-0.1, -0.05) is 18.2 Å². The van der Waals surface area contributed by atoms with E-state index in [-0.39, 0.29) is 6.04 Å². The normalized spacial score (nSPS) is 12.0. The van der Waals surface area contributed by atoms with E-state index in [9.17, 15) is 0 Å². The second-order valence-corrected chi connectivity index (χ2v) is 5.05. The van der Waals surface area contributed by atoms with Gasteiger partial charge in [-0.15, -0.1) is 0 Å². The molecule has 0 heterocycles. The molecule has 0 fully saturated rings. The van der Waals surface area contributed by atoms with E-state index in [4.69, 9.17) is 15.3 Å². The molecule has 2 aromatic carbocycles. The first-order valence-electron chi connectivity index (χ1n) is 6.86. The van der Waals surface area contributed by atoms with Crippen LogP contribution in [0.3, 0.4) is 0 Å². The lowest BCUT2D eigenvalue weighted by Gasteiger charge is -2.20. The van der Waals surface area contributed by atoms with Gasteiger partial charge < -0.3 is 9.47 Å². The maximum Gasteiger partial charge on any atom is 0.122 e. The van der Waals surface area contributed by atoms with Crippen LogP contribution in [0.5, 0.6) is 11.5 Å². The van der Waals surface area contributed by atoms with Crippen molar-refractivity contribution >= 4 is 0 Å². The summed E-state index contributed by atoms with van der Waals surface area (Å²) in [5.74, 6) is 7.49. The zero-order valence-electron chi connectivity index (χ0n) is 12.9. The summed E-state index contributed by atoms with van der Waals surface area (Å²) in [5.41, 5.74) is 7.29. The molecule has 4 nitrogen and oxygen atoms in total. The Labute approximate surface area is 125 Å². The van der Waals surface area contributed by atoms with E-state index < -0.39 is 0 Å². The van der Waals surface area contributed by atoms with Gasteiger partial charge in [-0.3, -0.25) is 5.84 Å². The summed E-state index contributed by atoms with van der Waals surface area (Å²) in [6, 6.07) is 12.0. The van der Waals surface area contributed by atoms with Crippen molar-refractivity contribution in [1.29, 1.82) is 0 Å². The molecule has 0 aliphatic carbocycles. The third kappa shape index (κ3) is 3.17. The highest BCUT2D eigenvalue weighted by Gasteiger charge is 2.16. The summed E-state index contributed by atoms with van der Waals surface area (Å²) in [6.45, 7) is 4.07. The van der Waals surface area contributed by atoms with E-state index in [2.05, 4.69) is 11.5 Å². The highest BCUT2D eigenvalue weighted by atomic mass is 16.5. The van der Waals surface area contributed by atoms with Crippen molar-refractivity contribution in [2.45, 2.75) is 19.9 Å². The van der Waals surface area contributed by atoms with Crippen LogP contribution >= 0.6 is 0 Å². The molecular weight excluding hydrogens is 264 g/mol. The number of aryl methyl sites for hydroxylation is 2. The molecule has 4 heteroatoms. The second-order valence-electron chi connectivity index (χ2n) is 5.05. The first-order valence-corrected chi connectivity index (χ1v) is 6.86. The van der Waals surface area contributed by atoms with E-state index >= 15 is 0 Å². The minimum Gasteiger partial charge on any atom is -0.497 e. The van der Waals surface area contributed by atoms with Gasteiger partial charge in [0.25, 0.3) is 0 Å². The molecule has 2 aromatic rings. The molecule has 1 unspecified atom stereocenters. The first-order chi connectivity index (χ1) is 10.1. The predicted molar refractivity (Wildman–Crippen MR) is 84.6 cm³/mol. The van der Waals surface area contributed by atoms with Gasteiger partial charge in [-0.25, -0.2) is 5.43 Å². The lowest BCUT2D eigenvalue weighted by Crippen LogP contribution is -2.29. The van der Waals surface area contributed by atoms with Gasteiger partial charge in [0.1, 0.15) is 11.5 Å². The quantitative estimate of drug-likeness (QED) is 0.655. The van der Waals surface area contributed by atoms with Crippen molar-refractivity contribution < 1.29 is 9.47 Å². The fraction of sp³-hybridized carbons (Fsp3) is 0.294. The van der Waals surface area contributed by atoms with Gasteiger partial charge >= 0.3 is 0 Å². The largest absolute Gasteiger partial charge is 0.497 e. The molecule has 0 radical (unpaired) electrons. The molecule has 2 rings (SSSR count). The van der Waals surface area contributed by atoms with Gasteiger partial charge in [0.05, 0.1) is 20.3 Å². The van der Waals surface area contributed by atoms with Crippen LogP contribution in [-0.2, 0) is 0 Å². The van der Waals surface area contributed by atoms with Crippen LogP contribution in [0.25, 0.3) is 0 Å². The standard InChI is InChI=1S/C17H22N2O2/c1-11-5-6-13(10-16(11)21-4)17(19-18)15-8-7-14(20-3)9-12(15)2/h5-10,17,19H,18H2,1-4H3. The molecule has 0 saturated heterocycles. The highest BCUT2D eigenvalue weighted by Crippen LogP contribution is 2.30. The Hall–Kier alpha value is -2.04. The van der Waals surface area contributed by atoms with Gasteiger partial charge in [0.2, 0.25) is 0 Å². The third-order valence-electron chi connectivity index (χ3n) is 3.72. The number of hydrogen-bond acceptors (Lipinski definition) is 4. The van der Waals surface area contributed by atoms with Crippen LogP contribution in [0.1, 0.15) is 28.3 Å². The number of hydrazine groups is 1. The molecule has 0 aromatic heterocycles. The van der Waals surface area contributed by atoms with Gasteiger partial charge in [0, 0.05) is 0 Å². The maximum atomic E-state index is 5.78. The van der Waals surface area contributed by atoms with Crippen molar-refractivity contribution in [3.05, 3.63) is 58.7 Å². The number of rotatable bonds is 5. The molecule has 0 bridgehead atoms. The van der Waals surface area contributed by atoms with E-state index in [1.165, 1.54) is 0 Å². The first kappa shape index (κ1) is 15.4. The molecular formula is C17H22N2O2. The highest BCUT2D eigenvalue weighted by molar-refractivity contribution is 5.44. The summed E-state index contributed by atoms with van der Waals surface area (Å²) in [4.78, 5) is 0. The Balaban J connectivity index is 2.44. The zero-order valence-corrected chi connectivity index (χ0v) is 12.9. The van der Waals surface area contributed by atoms with Gasteiger partial charge in [-0.05, 0) is 54.3 Å². The summed E-state index contributed by atoms with van der Waals surface area (Å²) >= 11 is 0. The third-order valence-corrected chi connectivity index (χ3v) is 3.72. The Kier molecular flexibility index (Phi) is 4.83. The Morgan fingerprint density at radius 3 is 2.29 bits per heavy atom. The average Bonchev–Trinajstić information content (AvgIpc) is 2.50. The number of methoxy groups -OCH3 is 2. The summed E-state index contributed by atoms with van der Waals surface area (Å²) < 4.78 is 10.6. The Morgan fingerprint density at radius 2 is 1.71 bits per heavy atom. The molecule has 112 valence electrons. The lowest BCUT2D eigenvalue weighted by atomic mass is 9.94. The van der Waals surface area contributed by atoms with E-state index in [0.717, 1.165) is 33.8 Å². The summed E-state index contributed by atoms with van der Waals surface area (Å²) in [5, 5.41) is 0. The minimum absolute atomic E-state index is 0.0922. The molecule has 0 aliphatic rings. The topological polar surface area (TPSA) is 56.5 Å². The smallest absolute Gasteiger partial charge is 0.122 e. The zero-order chi connectivity index (χ0) is 15.4. The number of nitrogens with one attached hydrogen (secondary N) is 1. The van der Waals surface area contributed by atoms with E-state index in [1.807, 2.05) is 44.2 Å². The van der Waals surface area contributed by atoms with Gasteiger partial charge in [0.15, 0.2) is 0 Å². The van der Waals surface area contributed by atoms with Crippen LogP contribution in [0.4, 0.5) is 0 Å². The lowest BCUT2D eigenvalue weighted by molar-refractivity contribution is 0.410. The second kappa shape index (κ2) is 6.61. The van der Waals surface area contributed by atoms with Crippen LogP contribution in [0.15, 0.2) is 36.4 Å². The van der Waals surface area contributed by atoms with Crippen LogP contribution in [-0.4, -0.2) is 14.2 Å². The fourth-order valence-corrected chi connectivity index (χ4v) is 2.48. The molecule has 0 amide bonds. The summed E-state index contributed by atoms with van der Waals surface area (Å²) in [7, 11) is 3.34. The molecule has 0 spiro atoms. The number of hydrogen-bond donors (Lipinski definition) is 2. The molecule has 0 aliphatic heterocycles. The van der Waals surface area contributed by atoms with Gasteiger partial charge in [-0.2, -0.15) is 0 Å². The van der Waals surface area contributed by atoms with Crippen molar-refractivity contribution in [2.75, 3.05) is 14.2 Å². The minimum atomic E-state index is -0.0922. The SMILES string of the molecule is COc1ccc(C(NN)c2ccc(C)c(OC)c2)c(C)c1. The summed E-state index contributed by atoms with van der Waals surface area (Å²) in [6.07, 6.45) is 0. The molecule has 21 heavy (non-hydrogen) atoms. The Bertz CT molecular complexity index is 626. The van der Waals surface area contributed by atoms with E-state index in [1.54, 1.807) is 14.2 Å². The van der Waals surface area contributed by atoms with E-state index in [0.29, 0.717) is 0 Å². The van der Waals surface area contributed by atoms with Crippen molar-refractivity contribution in [2.24, 2.45) is 5.84 Å². The average molecular weight is 286 g/mol. The number of nitrogens with two attached hydrogens (primary N) is 1. The number of ether oxygens (including phenoxy) is 2. The van der Waals surface area contributed by atoms with Crippen molar-refractivity contribution in [3.63, 3.8) is 0 Å². The van der Waals surface area contributed by atoms with Crippen molar-refractivity contribution in [3.8, 4) is 11.5 Å². The Morgan fingerprint density at radius 1 is 0.952 bits per heavy atom. The fourth-order valence-electron chi connectivity index (χ4n) is 2.48. The molecule has 1 atom stereocenters. The predicted octanol–water partition coefficient (Wildman–Crippen LogP) is 2.87.